The number of phenols is 1. The second kappa shape index (κ2) is 14.1. The van der Waals surface area contributed by atoms with Crippen LogP contribution in [0.5, 0.6) is 11.5 Å². The van der Waals surface area contributed by atoms with Gasteiger partial charge in [-0.15, -0.1) is 0 Å². The summed E-state index contributed by atoms with van der Waals surface area (Å²) >= 11 is 2.03. The van der Waals surface area contributed by atoms with Crippen LogP contribution in [-0.4, -0.2) is 56.9 Å². The maximum Gasteiger partial charge on any atom is 0.271 e. The van der Waals surface area contributed by atoms with Crippen molar-refractivity contribution in [1.29, 1.82) is 0 Å². The summed E-state index contributed by atoms with van der Waals surface area (Å²) in [5, 5.41) is 44.0. The topological polar surface area (TPSA) is 163 Å². The number of hydrogen-bond acceptors (Lipinski definition) is 9. The highest BCUT2D eigenvalue weighted by molar-refractivity contribution is 14.1. The number of carbonyl (C=O) groups is 2. The van der Waals surface area contributed by atoms with Gasteiger partial charge in [0.25, 0.3) is 5.69 Å². The van der Waals surface area contributed by atoms with Crippen molar-refractivity contribution >= 4 is 57.4 Å². The number of phenolic OH excluding ortho intramolecular Hbond substituents is 1. The van der Waals surface area contributed by atoms with Crippen LogP contribution in [0.25, 0.3) is 11.6 Å². The molecule has 1 aromatic heterocycles. The Morgan fingerprint density at radius 1 is 1.20 bits per heavy atom. The summed E-state index contributed by atoms with van der Waals surface area (Å²) in [5.74, 6) is -3.08. The lowest BCUT2D eigenvalue weighted by molar-refractivity contribution is -0.384. The lowest BCUT2D eigenvalue weighted by Gasteiger charge is -2.36. The number of allylic oxidation sites excluding steroid dienone is 2. The monoisotopic (exact) mass is 739 g/mol. The molecule has 5 rings (SSSR count). The van der Waals surface area contributed by atoms with Gasteiger partial charge in [-0.2, -0.15) is 0 Å². The van der Waals surface area contributed by atoms with Crippen LogP contribution in [0.4, 0.5) is 11.4 Å². The lowest BCUT2D eigenvalue weighted by Crippen LogP contribution is -2.39. The lowest BCUT2D eigenvalue weighted by atomic mass is 9.67. The number of nitro groups is 1. The Kier molecular flexibility index (Phi) is 10.2. The van der Waals surface area contributed by atoms with E-state index in [0.29, 0.717) is 33.4 Å². The highest BCUT2D eigenvalue weighted by Crippen LogP contribution is 2.48. The van der Waals surface area contributed by atoms with Crippen molar-refractivity contribution in [3.8, 4) is 11.5 Å². The number of nitrogens with zero attached hydrogens (tertiary/aromatic N) is 3. The predicted octanol–water partition coefficient (Wildman–Crippen LogP) is 5.51. The van der Waals surface area contributed by atoms with Crippen molar-refractivity contribution in [2.24, 2.45) is 17.8 Å². The number of methoxy groups -OCH3 is 1. The number of nitro benzene ring substituents is 1. The molecule has 0 spiro atoms. The summed E-state index contributed by atoms with van der Waals surface area (Å²) in [6.07, 6.45) is 3.97. The SMILES string of the molecule is CCC1=C([C@H](O)CC/C(=C/c2cc(I)c(O)c(OC)c2)c2ccccn2)[C@H](CO)[C@@H]2C(=O)N(c3cccc([N+](=O)[O-])c3)C(=O)[C@@H]2C1. The van der Waals surface area contributed by atoms with Gasteiger partial charge in [0.2, 0.25) is 11.8 Å². The number of hydrogen-bond donors (Lipinski definition) is 3. The molecule has 1 saturated heterocycles. The van der Waals surface area contributed by atoms with E-state index in [2.05, 4.69) is 4.98 Å². The smallest absolute Gasteiger partial charge is 0.271 e. The van der Waals surface area contributed by atoms with E-state index in [1.807, 2.05) is 59.9 Å². The van der Waals surface area contributed by atoms with Crippen molar-refractivity contribution in [3.63, 3.8) is 0 Å². The van der Waals surface area contributed by atoms with E-state index < -0.39 is 47.2 Å². The van der Waals surface area contributed by atoms with Gasteiger partial charge >= 0.3 is 0 Å². The molecule has 2 aromatic carbocycles. The predicted molar refractivity (Wildman–Crippen MR) is 180 cm³/mol. The number of carbonyl (C=O) groups excluding carboxylic acids is 2. The fraction of sp³-hybridized carbons (Fsp3) is 0.324. The molecular formula is C34H34IN3O8. The fourth-order valence-corrected chi connectivity index (χ4v) is 7.23. The van der Waals surface area contributed by atoms with E-state index in [1.54, 1.807) is 12.3 Å². The Labute approximate surface area is 279 Å². The molecular weight excluding hydrogens is 705 g/mol. The van der Waals surface area contributed by atoms with Crippen LogP contribution in [0, 0.1) is 31.4 Å². The number of benzene rings is 2. The Balaban J connectivity index is 1.45. The molecule has 1 aliphatic carbocycles. The van der Waals surface area contributed by atoms with Crippen LogP contribution >= 0.6 is 22.6 Å². The van der Waals surface area contributed by atoms with E-state index in [9.17, 15) is 35.0 Å². The van der Waals surface area contributed by atoms with Crippen molar-refractivity contribution in [3.05, 3.63) is 96.9 Å². The molecule has 1 fully saturated rings. The molecule has 3 N–H and O–H groups in total. The first-order valence-electron chi connectivity index (χ1n) is 14.9. The van der Waals surface area contributed by atoms with Crippen molar-refractivity contribution in [2.45, 2.75) is 38.7 Å². The van der Waals surface area contributed by atoms with Gasteiger partial charge in [0.1, 0.15) is 0 Å². The number of anilines is 1. The van der Waals surface area contributed by atoms with E-state index >= 15 is 0 Å². The Morgan fingerprint density at radius 2 is 1.98 bits per heavy atom. The van der Waals surface area contributed by atoms with Gasteiger partial charge in [0, 0.05) is 24.2 Å². The van der Waals surface area contributed by atoms with Crippen LogP contribution in [0.15, 0.2) is 71.9 Å². The average molecular weight is 740 g/mol. The van der Waals surface area contributed by atoms with Crippen LogP contribution < -0.4 is 9.64 Å². The number of aliphatic hydroxyl groups excluding tert-OH is 2. The minimum Gasteiger partial charge on any atom is -0.504 e. The standard InChI is InChI=1S/C34H34IN3O8/c1-3-20-16-24-31(34(43)37(33(24)42)22-7-6-8-23(17-22)38(44)45)25(18-39)30(20)28(40)11-10-21(27-9-4-5-12-36-27)13-19-14-26(35)32(41)29(15-19)46-2/h4-9,12-15,17,24-25,28,31,39-41H,3,10-11,16,18H2,1-2H3/b21-13-/t24-,25+,28-,31-/m1/s1. The molecule has 11 nitrogen and oxygen atoms in total. The first-order valence-corrected chi connectivity index (χ1v) is 16.0. The van der Waals surface area contributed by atoms with Crippen LogP contribution in [0.3, 0.4) is 0 Å². The molecule has 0 unspecified atom stereocenters. The third-order valence-electron chi connectivity index (χ3n) is 8.76. The molecule has 4 atom stereocenters. The normalized spacial score (nSPS) is 20.6. The quantitative estimate of drug-likeness (QED) is 0.0757. The molecule has 12 heteroatoms. The zero-order chi connectivity index (χ0) is 33.1. The first-order chi connectivity index (χ1) is 22.1. The number of pyridine rings is 1. The van der Waals surface area contributed by atoms with E-state index in [0.717, 1.165) is 21.6 Å². The molecule has 2 amide bonds. The van der Waals surface area contributed by atoms with Crippen molar-refractivity contribution in [1.82, 2.24) is 4.98 Å². The largest absolute Gasteiger partial charge is 0.504 e. The number of fused-ring (bicyclic) bond motifs is 1. The number of aliphatic hydroxyl groups is 2. The number of amides is 2. The number of halogens is 1. The highest BCUT2D eigenvalue weighted by Gasteiger charge is 2.55. The number of rotatable bonds is 11. The maximum atomic E-state index is 13.8. The molecule has 240 valence electrons. The van der Waals surface area contributed by atoms with Crippen LogP contribution in [0.1, 0.15) is 43.9 Å². The van der Waals surface area contributed by atoms with Gasteiger partial charge < -0.3 is 20.1 Å². The van der Waals surface area contributed by atoms with Gasteiger partial charge in [-0.05, 0) is 101 Å². The molecule has 2 heterocycles. The third-order valence-corrected chi connectivity index (χ3v) is 9.58. The van der Waals surface area contributed by atoms with Gasteiger partial charge in [-0.25, -0.2) is 4.90 Å². The Morgan fingerprint density at radius 3 is 2.63 bits per heavy atom. The summed E-state index contributed by atoms with van der Waals surface area (Å²) in [7, 11) is 1.48. The molecule has 1 aliphatic heterocycles. The molecule has 2 aliphatic rings. The van der Waals surface area contributed by atoms with Crippen LogP contribution in [-0.2, 0) is 9.59 Å². The number of non-ortho nitro benzene ring substituents is 1. The first kappa shape index (κ1) is 33.2. The summed E-state index contributed by atoms with van der Waals surface area (Å²) in [6.45, 7) is 1.46. The molecule has 0 bridgehead atoms. The number of aromatic hydroxyl groups is 1. The van der Waals surface area contributed by atoms with Gasteiger partial charge in [-0.3, -0.25) is 24.7 Å². The molecule has 0 radical (unpaired) electrons. The summed E-state index contributed by atoms with van der Waals surface area (Å²) in [6, 6.07) is 14.5. The minimum atomic E-state index is -1.02. The number of imide groups is 1. The van der Waals surface area contributed by atoms with Gasteiger partial charge in [0.05, 0.1) is 51.5 Å². The average Bonchev–Trinajstić information content (AvgIpc) is 3.32. The zero-order valence-corrected chi connectivity index (χ0v) is 27.5. The minimum absolute atomic E-state index is 0.0451. The molecule has 46 heavy (non-hydrogen) atoms. The van der Waals surface area contributed by atoms with Crippen LogP contribution in [0.2, 0.25) is 0 Å². The molecule has 0 saturated carbocycles. The number of ether oxygens (including phenoxy) is 1. The Bertz CT molecular complexity index is 1720. The zero-order valence-electron chi connectivity index (χ0n) is 25.3. The number of aromatic nitrogens is 1. The highest BCUT2D eigenvalue weighted by atomic mass is 127. The fourth-order valence-electron chi connectivity index (χ4n) is 6.61. The second-order valence-corrected chi connectivity index (χ2v) is 12.5. The summed E-state index contributed by atoms with van der Waals surface area (Å²) in [4.78, 5) is 43.7. The summed E-state index contributed by atoms with van der Waals surface area (Å²) in [5.41, 5.74) is 3.54. The van der Waals surface area contributed by atoms with E-state index in [4.69, 9.17) is 4.74 Å². The third kappa shape index (κ3) is 6.42. The maximum absolute atomic E-state index is 13.8. The Hall–Kier alpha value is -4.14. The van der Waals surface area contributed by atoms with Crippen molar-refractivity contribution in [2.75, 3.05) is 18.6 Å². The van der Waals surface area contributed by atoms with Gasteiger partial charge in [-0.1, -0.05) is 24.6 Å². The second-order valence-electron chi connectivity index (χ2n) is 11.3. The van der Waals surface area contributed by atoms with E-state index in [1.165, 1.54) is 31.4 Å². The van der Waals surface area contributed by atoms with Gasteiger partial charge in [0.15, 0.2) is 11.5 Å². The summed E-state index contributed by atoms with van der Waals surface area (Å²) < 4.78 is 5.94. The molecule has 3 aromatic rings. The van der Waals surface area contributed by atoms with E-state index in [-0.39, 0.29) is 30.0 Å². The van der Waals surface area contributed by atoms with Crippen molar-refractivity contribution < 1.29 is 34.6 Å².